The minimum absolute atomic E-state index is 0.216. The Morgan fingerprint density at radius 3 is 1.48 bits per heavy atom. The normalized spacial score (nSPS) is 10.6. The first kappa shape index (κ1) is 23.3. The van der Waals surface area contributed by atoms with Crippen LogP contribution in [0.3, 0.4) is 0 Å². The molecule has 9 heteroatoms. The molecule has 0 saturated heterocycles. The summed E-state index contributed by atoms with van der Waals surface area (Å²) >= 11 is 0. The van der Waals surface area contributed by atoms with Crippen molar-refractivity contribution < 1.29 is 33.4 Å². The molecule has 0 aliphatic carbocycles. The number of benzene rings is 2. The van der Waals surface area contributed by atoms with Gasteiger partial charge in [0.1, 0.15) is 12.8 Å². The van der Waals surface area contributed by atoms with Crippen LogP contribution < -0.4 is 11.1 Å². The molecule has 2 aromatic carbocycles. The maximum Gasteiger partial charge on any atom is 0.343 e. The molecule has 162 valence electrons. The van der Waals surface area contributed by atoms with E-state index in [9.17, 15) is 24.0 Å². The topological polar surface area (TPSA) is 142 Å². The van der Waals surface area contributed by atoms with Crippen LogP contribution in [0.15, 0.2) is 60.7 Å². The van der Waals surface area contributed by atoms with Gasteiger partial charge in [0.15, 0.2) is 11.6 Å². The van der Waals surface area contributed by atoms with Crippen molar-refractivity contribution in [1.82, 2.24) is 5.32 Å². The van der Waals surface area contributed by atoms with Gasteiger partial charge >= 0.3 is 23.9 Å². The van der Waals surface area contributed by atoms with Crippen molar-refractivity contribution in [3.05, 3.63) is 71.8 Å². The number of hydrogen-bond donors (Lipinski definition) is 2. The number of nitrogens with two attached hydrogens (primary N) is 1. The quantitative estimate of drug-likeness (QED) is 0.257. The first-order valence-electron chi connectivity index (χ1n) is 9.42. The number of Topliss-reactive ketones (excluding diaryl/α,β-unsaturated/α-hetero) is 2. The Morgan fingerprint density at radius 2 is 1.16 bits per heavy atom. The fourth-order valence-electron chi connectivity index (χ4n) is 2.65. The molecule has 0 saturated carbocycles. The first-order chi connectivity index (χ1) is 14.7. The number of ether oxygens (including phenoxy) is 2. The molecule has 9 nitrogen and oxygen atoms in total. The second kappa shape index (κ2) is 10.7. The molecule has 0 bridgehead atoms. The van der Waals surface area contributed by atoms with Crippen molar-refractivity contribution in [1.29, 1.82) is 0 Å². The van der Waals surface area contributed by atoms with Gasteiger partial charge in [0, 0.05) is 17.5 Å². The van der Waals surface area contributed by atoms with Gasteiger partial charge in [0.2, 0.25) is 0 Å². The molecule has 3 N–H and O–H groups in total. The number of carbonyl (C=O) groups is 5. The zero-order valence-electron chi connectivity index (χ0n) is 16.8. The van der Waals surface area contributed by atoms with Crippen LogP contribution in [0.4, 0.5) is 4.79 Å². The number of esters is 2. The second-order valence-corrected chi connectivity index (χ2v) is 6.48. The molecule has 2 amide bonds. The minimum atomic E-state index is -2.26. The highest BCUT2D eigenvalue weighted by Crippen LogP contribution is 2.18. The number of ketones is 2. The van der Waals surface area contributed by atoms with Gasteiger partial charge in [-0.15, -0.1) is 0 Å². The van der Waals surface area contributed by atoms with E-state index >= 15 is 0 Å². The van der Waals surface area contributed by atoms with Gasteiger partial charge in [-0.05, 0) is 0 Å². The van der Waals surface area contributed by atoms with Gasteiger partial charge in [-0.2, -0.15) is 0 Å². The number of hydrogen-bond acceptors (Lipinski definition) is 7. The van der Waals surface area contributed by atoms with E-state index in [2.05, 4.69) is 5.32 Å². The van der Waals surface area contributed by atoms with E-state index in [1.165, 1.54) is 31.2 Å². The third kappa shape index (κ3) is 7.07. The summed E-state index contributed by atoms with van der Waals surface area (Å²) in [5.74, 6) is -5.41. The highest BCUT2D eigenvalue weighted by atomic mass is 16.8. The zero-order valence-corrected chi connectivity index (χ0v) is 16.8. The molecule has 2 aromatic rings. The van der Waals surface area contributed by atoms with Crippen LogP contribution in [0.1, 0.15) is 46.9 Å². The molecule has 0 atom stereocenters. The maximum absolute atomic E-state index is 12.3. The predicted octanol–water partition coefficient (Wildman–Crippen LogP) is 2.35. The van der Waals surface area contributed by atoms with Crippen molar-refractivity contribution in [2.45, 2.75) is 32.1 Å². The van der Waals surface area contributed by atoms with Crippen LogP contribution >= 0.6 is 0 Å². The third-order valence-electron chi connectivity index (χ3n) is 4.14. The molecular formula is C22H22N2O7. The summed E-state index contributed by atoms with van der Waals surface area (Å²) in [4.78, 5) is 60.5. The van der Waals surface area contributed by atoms with Gasteiger partial charge in [-0.3, -0.25) is 24.5 Å². The van der Waals surface area contributed by atoms with Crippen LogP contribution in [0.5, 0.6) is 0 Å². The molecule has 0 fully saturated rings. The average molecular weight is 426 g/mol. The van der Waals surface area contributed by atoms with Crippen LogP contribution in [0.25, 0.3) is 0 Å². The van der Waals surface area contributed by atoms with E-state index in [1.54, 1.807) is 36.4 Å². The summed E-state index contributed by atoms with van der Waals surface area (Å²) in [5.41, 5.74) is 5.70. The molecule has 31 heavy (non-hydrogen) atoms. The standard InChI is InChI=1S/C22H22N2O7/c1-2-22(24-21(23)29,30-19(27)13-17(25)15-9-5-3-6-10-15)31-20(28)14-18(26)16-11-7-4-8-12-16/h3-12H,2,13-14H2,1H3,(H3,23,24,29). The fraction of sp³-hybridized carbons (Fsp3) is 0.227. The van der Waals surface area contributed by atoms with E-state index in [0.717, 1.165) is 0 Å². The molecule has 0 aromatic heterocycles. The lowest BCUT2D eigenvalue weighted by Gasteiger charge is -2.31. The lowest BCUT2D eigenvalue weighted by Crippen LogP contribution is -2.56. The van der Waals surface area contributed by atoms with Crippen LogP contribution in [0, 0.1) is 0 Å². The van der Waals surface area contributed by atoms with Gasteiger partial charge < -0.3 is 15.2 Å². The first-order valence-corrected chi connectivity index (χ1v) is 9.42. The number of urea groups is 1. The highest BCUT2D eigenvalue weighted by Gasteiger charge is 2.39. The predicted molar refractivity (Wildman–Crippen MR) is 109 cm³/mol. The van der Waals surface area contributed by atoms with Crippen molar-refractivity contribution >= 4 is 29.5 Å². The maximum atomic E-state index is 12.3. The molecule has 2 rings (SSSR count). The molecule has 0 spiro atoms. The van der Waals surface area contributed by atoms with Gasteiger partial charge in [0.05, 0.1) is 0 Å². The van der Waals surface area contributed by atoms with E-state index in [0.29, 0.717) is 0 Å². The lowest BCUT2D eigenvalue weighted by atomic mass is 10.1. The summed E-state index contributed by atoms with van der Waals surface area (Å²) in [6.45, 7) is 1.45. The fourth-order valence-corrected chi connectivity index (χ4v) is 2.65. The summed E-state index contributed by atoms with van der Waals surface area (Å²) in [7, 11) is 0. The molecule has 0 aliphatic rings. The van der Waals surface area contributed by atoms with Crippen LogP contribution in [-0.2, 0) is 19.1 Å². The Hall–Kier alpha value is -4.01. The molecular weight excluding hydrogens is 404 g/mol. The van der Waals surface area contributed by atoms with E-state index in [1.807, 2.05) is 0 Å². The largest absolute Gasteiger partial charge is 0.403 e. The van der Waals surface area contributed by atoms with Crippen LogP contribution in [-0.4, -0.2) is 35.4 Å². The van der Waals surface area contributed by atoms with E-state index in [-0.39, 0.29) is 17.5 Å². The molecule has 0 unspecified atom stereocenters. The Labute approximate surface area is 178 Å². The van der Waals surface area contributed by atoms with E-state index < -0.39 is 48.3 Å². The van der Waals surface area contributed by atoms with Gasteiger partial charge in [-0.25, -0.2) is 4.79 Å². The van der Waals surface area contributed by atoms with E-state index in [4.69, 9.17) is 15.2 Å². The highest BCUT2D eigenvalue weighted by molar-refractivity contribution is 6.07. The van der Waals surface area contributed by atoms with Gasteiger partial charge in [0.25, 0.3) is 0 Å². The molecule has 0 aliphatic heterocycles. The second-order valence-electron chi connectivity index (χ2n) is 6.48. The summed E-state index contributed by atoms with van der Waals surface area (Å²) < 4.78 is 10.2. The van der Waals surface area contributed by atoms with Crippen LogP contribution in [0.2, 0.25) is 0 Å². The monoisotopic (exact) mass is 426 g/mol. The number of rotatable bonds is 10. The number of nitrogens with one attached hydrogen (secondary N) is 1. The average Bonchev–Trinajstić information content (AvgIpc) is 2.74. The molecule has 0 radical (unpaired) electrons. The Balaban J connectivity index is 2.09. The molecule has 0 heterocycles. The Morgan fingerprint density at radius 1 is 0.774 bits per heavy atom. The summed E-state index contributed by atoms with van der Waals surface area (Å²) in [6, 6.07) is 14.9. The number of amides is 2. The van der Waals surface area contributed by atoms with Crippen molar-refractivity contribution in [3.63, 3.8) is 0 Å². The van der Waals surface area contributed by atoms with Crippen molar-refractivity contribution in [3.8, 4) is 0 Å². The zero-order chi connectivity index (χ0) is 22.9. The Bertz CT molecular complexity index is 891. The summed E-state index contributed by atoms with van der Waals surface area (Å²) in [6.07, 6.45) is -1.54. The van der Waals surface area contributed by atoms with Gasteiger partial charge in [-0.1, -0.05) is 67.6 Å². The van der Waals surface area contributed by atoms with Crippen molar-refractivity contribution in [2.75, 3.05) is 0 Å². The lowest BCUT2D eigenvalue weighted by molar-refractivity contribution is -0.236. The summed E-state index contributed by atoms with van der Waals surface area (Å²) in [5, 5.41) is 2.06. The smallest absolute Gasteiger partial charge is 0.343 e. The third-order valence-corrected chi connectivity index (χ3v) is 4.14. The van der Waals surface area contributed by atoms with Crippen molar-refractivity contribution in [2.24, 2.45) is 5.73 Å². The SMILES string of the molecule is CCC(NC(N)=O)(OC(=O)CC(=O)c1ccccc1)OC(=O)CC(=O)c1ccccc1. The Kier molecular flexibility index (Phi) is 8.01. The number of primary amides is 1. The minimum Gasteiger partial charge on any atom is -0.403 e. The number of carbonyl (C=O) groups excluding carboxylic acids is 5.